The fourth-order valence-electron chi connectivity index (χ4n) is 1.25. The summed E-state index contributed by atoms with van der Waals surface area (Å²) < 4.78 is 7.81. The van der Waals surface area contributed by atoms with Crippen molar-refractivity contribution in [2.24, 2.45) is 5.73 Å². The summed E-state index contributed by atoms with van der Waals surface area (Å²) in [6.45, 7) is 3.35. The van der Waals surface area contributed by atoms with E-state index < -0.39 is 0 Å². The van der Waals surface area contributed by atoms with Crippen LogP contribution in [0, 0.1) is 0 Å². The zero-order valence-corrected chi connectivity index (χ0v) is 9.41. The molecule has 0 fully saturated rings. The second-order valence-electron chi connectivity index (χ2n) is 2.76. The van der Waals surface area contributed by atoms with Crippen LogP contribution in [0.4, 0.5) is 0 Å². The molecule has 1 aromatic heterocycles. The van der Waals surface area contributed by atoms with Gasteiger partial charge in [-0.2, -0.15) is 5.10 Å². The summed E-state index contributed by atoms with van der Waals surface area (Å²) in [6, 6.07) is -0.123. The summed E-state index contributed by atoms with van der Waals surface area (Å²) >= 11 is 3.41. The van der Waals surface area contributed by atoms with Gasteiger partial charge < -0.3 is 10.5 Å². The van der Waals surface area contributed by atoms with E-state index >= 15 is 0 Å². The van der Waals surface area contributed by atoms with Crippen molar-refractivity contribution in [1.29, 1.82) is 0 Å². The maximum Gasteiger partial charge on any atom is 0.0716 e. The lowest BCUT2D eigenvalue weighted by Crippen LogP contribution is -2.20. The predicted octanol–water partition coefficient (Wildman–Crippen LogP) is 1.31. The summed E-state index contributed by atoms with van der Waals surface area (Å²) in [5, 5.41) is 4.17. The van der Waals surface area contributed by atoms with Gasteiger partial charge in [-0.15, -0.1) is 0 Å². The Kier molecular flexibility index (Phi) is 3.90. The Morgan fingerprint density at radius 2 is 2.46 bits per heavy atom. The third-order valence-electron chi connectivity index (χ3n) is 1.83. The summed E-state index contributed by atoms with van der Waals surface area (Å²) in [6.07, 6.45) is 1.76. The van der Waals surface area contributed by atoms with Crippen molar-refractivity contribution in [2.75, 3.05) is 13.7 Å². The van der Waals surface area contributed by atoms with E-state index in [0.717, 1.165) is 16.7 Å². The highest BCUT2D eigenvalue weighted by atomic mass is 79.9. The monoisotopic (exact) mass is 247 g/mol. The van der Waals surface area contributed by atoms with Crippen molar-refractivity contribution < 1.29 is 4.74 Å². The first-order valence-corrected chi connectivity index (χ1v) is 4.95. The number of nitrogens with zero attached hydrogens (tertiary/aromatic N) is 2. The average molecular weight is 248 g/mol. The molecule has 13 heavy (non-hydrogen) atoms. The lowest BCUT2D eigenvalue weighted by molar-refractivity contribution is 0.177. The summed E-state index contributed by atoms with van der Waals surface area (Å²) in [5.41, 5.74) is 6.90. The zero-order chi connectivity index (χ0) is 9.84. The van der Waals surface area contributed by atoms with Crippen LogP contribution in [-0.4, -0.2) is 23.5 Å². The summed E-state index contributed by atoms with van der Waals surface area (Å²) in [7, 11) is 1.64. The number of hydrogen-bond acceptors (Lipinski definition) is 3. The number of rotatable bonds is 4. The normalized spacial score (nSPS) is 13.2. The van der Waals surface area contributed by atoms with Crippen molar-refractivity contribution in [3.63, 3.8) is 0 Å². The van der Waals surface area contributed by atoms with Crippen LogP contribution in [0.5, 0.6) is 0 Å². The van der Waals surface area contributed by atoms with Crippen LogP contribution in [0.3, 0.4) is 0 Å². The van der Waals surface area contributed by atoms with Crippen LogP contribution in [0.2, 0.25) is 0 Å². The number of nitrogens with two attached hydrogens (primary N) is 1. The number of aromatic nitrogens is 2. The summed E-state index contributed by atoms with van der Waals surface area (Å²) in [4.78, 5) is 0. The molecule has 0 radical (unpaired) electrons. The lowest BCUT2D eigenvalue weighted by Gasteiger charge is -2.12. The minimum atomic E-state index is -0.123. The van der Waals surface area contributed by atoms with Crippen LogP contribution in [0.1, 0.15) is 18.7 Å². The standard InChI is InChI=1S/C8H14BrN3O/c1-3-12-8(6(9)4-11-12)7(10)5-13-2/h4,7H,3,5,10H2,1-2H3. The van der Waals surface area contributed by atoms with Crippen LogP contribution >= 0.6 is 15.9 Å². The maximum atomic E-state index is 5.91. The Bertz CT molecular complexity index is 274. The molecule has 0 aliphatic heterocycles. The minimum absolute atomic E-state index is 0.123. The smallest absolute Gasteiger partial charge is 0.0716 e. The molecule has 1 heterocycles. The SMILES string of the molecule is CCn1ncc(Br)c1C(N)COC. The van der Waals surface area contributed by atoms with Gasteiger partial charge in [0.2, 0.25) is 0 Å². The molecule has 0 aliphatic carbocycles. The fourth-order valence-corrected chi connectivity index (χ4v) is 1.84. The molecule has 0 bridgehead atoms. The Hall–Kier alpha value is -0.390. The maximum absolute atomic E-state index is 5.91. The van der Waals surface area contributed by atoms with Gasteiger partial charge in [0.05, 0.1) is 29.0 Å². The first-order valence-electron chi connectivity index (χ1n) is 4.16. The van der Waals surface area contributed by atoms with E-state index in [1.807, 2.05) is 11.6 Å². The first-order chi connectivity index (χ1) is 6.20. The van der Waals surface area contributed by atoms with Gasteiger partial charge >= 0.3 is 0 Å². The van der Waals surface area contributed by atoms with E-state index in [1.54, 1.807) is 13.3 Å². The van der Waals surface area contributed by atoms with Crippen molar-refractivity contribution in [3.8, 4) is 0 Å². The average Bonchev–Trinajstić information content (AvgIpc) is 2.47. The Labute approximate surface area is 86.2 Å². The number of aryl methyl sites for hydroxylation is 1. The topological polar surface area (TPSA) is 53.1 Å². The van der Waals surface area contributed by atoms with Gasteiger partial charge in [0.1, 0.15) is 0 Å². The van der Waals surface area contributed by atoms with Crippen LogP contribution < -0.4 is 5.73 Å². The highest BCUT2D eigenvalue weighted by molar-refractivity contribution is 9.10. The third-order valence-corrected chi connectivity index (χ3v) is 2.44. The van der Waals surface area contributed by atoms with Gasteiger partial charge in [0, 0.05) is 13.7 Å². The van der Waals surface area contributed by atoms with E-state index in [-0.39, 0.29) is 6.04 Å². The van der Waals surface area contributed by atoms with Crippen molar-refractivity contribution in [1.82, 2.24) is 9.78 Å². The van der Waals surface area contributed by atoms with Gasteiger partial charge in [-0.1, -0.05) is 0 Å². The highest BCUT2D eigenvalue weighted by Crippen LogP contribution is 2.21. The molecule has 2 N–H and O–H groups in total. The van der Waals surface area contributed by atoms with Gasteiger partial charge in [0.25, 0.3) is 0 Å². The van der Waals surface area contributed by atoms with E-state index in [2.05, 4.69) is 21.0 Å². The number of hydrogen-bond donors (Lipinski definition) is 1. The number of halogens is 1. The first kappa shape index (κ1) is 10.7. The van der Waals surface area contributed by atoms with Crippen molar-refractivity contribution in [2.45, 2.75) is 19.5 Å². The molecule has 1 rings (SSSR count). The molecule has 4 nitrogen and oxygen atoms in total. The molecule has 0 saturated heterocycles. The molecule has 0 aliphatic rings. The van der Waals surface area contributed by atoms with Crippen LogP contribution in [0.15, 0.2) is 10.7 Å². The van der Waals surface area contributed by atoms with Gasteiger partial charge in [-0.3, -0.25) is 4.68 Å². The third kappa shape index (κ3) is 2.30. The second kappa shape index (κ2) is 4.74. The number of ether oxygens (including phenoxy) is 1. The van der Waals surface area contributed by atoms with E-state index in [1.165, 1.54) is 0 Å². The van der Waals surface area contributed by atoms with Gasteiger partial charge in [-0.25, -0.2) is 0 Å². The quantitative estimate of drug-likeness (QED) is 0.874. The highest BCUT2D eigenvalue weighted by Gasteiger charge is 2.15. The van der Waals surface area contributed by atoms with Crippen LogP contribution in [-0.2, 0) is 11.3 Å². The molecule has 5 heteroatoms. The number of methoxy groups -OCH3 is 1. The molecule has 0 amide bonds. The molecule has 0 saturated carbocycles. The van der Waals surface area contributed by atoms with Gasteiger partial charge in [-0.05, 0) is 22.9 Å². The molecule has 1 unspecified atom stereocenters. The Morgan fingerprint density at radius 1 is 1.77 bits per heavy atom. The molecule has 1 atom stereocenters. The molecular formula is C8H14BrN3O. The molecule has 1 aromatic rings. The second-order valence-corrected chi connectivity index (χ2v) is 3.61. The lowest BCUT2D eigenvalue weighted by atomic mass is 10.2. The Morgan fingerprint density at radius 3 is 3.00 bits per heavy atom. The predicted molar refractivity (Wildman–Crippen MR) is 54.4 cm³/mol. The van der Waals surface area contributed by atoms with Crippen molar-refractivity contribution in [3.05, 3.63) is 16.4 Å². The van der Waals surface area contributed by atoms with E-state index in [0.29, 0.717) is 6.61 Å². The fraction of sp³-hybridized carbons (Fsp3) is 0.625. The zero-order valence-electron chi connectivity index (χ0n) is 7.83. The molecule has 0 aromatic carbocycles. The van der Waals surface area contributed by atoms with E-state index in [4.69, 9.17) is 10.5 Å². The molecule has 0 spiro atoms. The Balaban J connectivity index is 2.89. The summed E-state index contributed by atoms with van der Waals surface area (Å²) in [5.74, 6) is 0. The molecule has 74 valence electrons. The van der Waals surface area contributed by atoms with E-state index in [9.17, 15) is 0 Å². The van der Waals surface area contributed by atoms with Gasteiger partial charge in [0.15, 0.2) is 0 Å². The largest absolute Gasteiger partial charge is 0.383 e. The minimum Gasteiger partial charge on any atom is -0.383 e. The molecular weight excluding hydrogens is 234 g/mol. The van der Waals surface area contributed by atoms with Crippen molar-refractivity contribution >= 4 is 15.9 Å². The van der Waals surface area contributed by atoms with Crippen LogP contribution in [0.25, 0.3) is 0 Å².